The molecule has 112 valence electrons. The van der Waals surface area contributed by atoms with Crippen LogP contribution in [0, 0.1) is 5.92 Å². The molecule has 2 rings (SSSR count). The highest BCUT2D eigenvalue weighted by Gasteiger charge is 2.24. The number of piperidine rings is 1. The largest absolute Gasteiger partial charge is 0.354 e. The first-order chi connectivity index (χ1) is 9.47. The molecule has 2 unspecified atom stereocenters. The zero-order valence-electron chi connectivity index (χ0n) is 13.0. The van der Waals surface area contributed by atoms with Crippen molar-refractivity contribution in [3.8, 4) is 0 Å². The quantitative estimate of drug-likeness (QED) is 0.914. The van der Waals surface area contributed by atoms with Crippen LogP contribution in [0.2, 0.25) is 5.02 Å². The van der Waals surface area contributed by atoms with E-state index in [1.807, 2.05) is 6.07 Å². The van der Waals surface area contributed by atoms with E-state index in [1.54, 1.807) is 0 Å². The second kappa shape index (κ2) is 6.77. The van der Waals surface area contributed by atoms with E-state index in [1.165, 1.54) is 12.8 Å². The van der Waals surface area contributed by atoms with E-state index in [2.05, 4.69) is 44.0 Å². The fraction of sp³-hybridized carbons (Fsp3) is 0.688. The molecular weight excluding hydrogens is 270 g/mol. The van der Waals surface area contributed by atoms with Gasteiger partial charge in [-0.05, 0) is 37.8 Å². The Morgan fingerprint density at radius 2 is 2.10 bits per heavy atom. The summed E-state index contributed by atoms with van der Waals surface area (Å²) in [6.45, 7) is 10.7. The number of pyridine rings is 1. The number of nitrogens with one attached hydrogen (secondary N) is 1. The summed E-state index contributed by atoms with van der Waals surface area (Å²) >= 11 is 6.26. The van der Waals surface area contributed by atoms with E-state index >= 15 is 0 Å². The summed E-state index contributed by atoms with van der Waals surface area (Å²) in [5.41, 5.74) is 0.947. The van der Waals surface area contributed by atoms with Crippen LogP contribution in [0.15, 0.2) is 12.1 Å². The Hall–Kier alpha value is -0.800. The molecule has 0 saturated carbocycles. The fourth-order valence-corrected chi connectivity index (χ4v) is 2.84. The molecule has 0 spiro atoms. The molecule has 2 atom stereocenters. The molecule has 1 aromatic rings. The lowest BCUT2D eigenvalue weighted by Crippen LogP contribution is -2.41. The van der Waals surface area contributed by atoms with E-state index in [0.717, 1.165) is 35.5 Å². The van der Waals surface area contributed by atoms with Crippen LogP contribution in [0.1, 0.15) is 46.2 Å². The summed E-state index contributed by atoms with van der Waals surface area (Å²) in [6.07, 6.45) is 2.55. The topological polar surface area (TPSA) is 28.2 Å². The van der Waals surface area contributed by atoms with Gasteiger partial charge in [-0.1, -0.05) is 32.4 Å². The SMILES string of the molecule is CC1CCC(C)N(c2ccc(Cl)c(CNC(C)C)n2)C1. The standard InChI is InChI=1S/C16H26ClN3/c1-11(2)18-9-15-14(17)7-8-16(19-15)20-10-12(3)5-6-13(20)4/h7-8,11-13,18H,5-6,9-10H2,1-4H3. The number of anilines is 1. The van der Waals surface area contributed by atoms with Crippen LogP contribution in [-0.4, -0.2) is 23.6 Å². The van der Waals surface area contributed by atoms with Gasteiger partial charge in [0.25, 0.3) is 0 Å². The zero-order chi connectivity index (χ0) is 14.7. The summed E-state index contributed by atoms with van der Waals surface area (Å²) in [5, 5.41) is 4.14. The Kier molecular flexibility index (Phi) is 5.28. The number of hydrogen-bond donors (Lipinski definition) is 1. The Bertz CT molecular complexity index is 447. The van der Waals surface area contributed by atoms with Crippen molar-refractivity contribution in [1.29, 1.82) is 0 Å². The average molecular weight is 296 g/mol. The van der Waals surface area contributed by atoms with E-state index in [4.69, 9.17) is 16.6 Å². The predicted octanol–water partition coefficient (Wildman–Crippen LogP) is 3.86. The van der Waals surface area contributed by atoms with Gasteiger partial charge in [0.15, 0.2) is 0 Å². The van der Waals surface area contributed by atoms with Crippen LogP contribution in [0.25, 0.3) is 0 Å². The van der Waals surface area contributed by atoms with Gasteiger partial charge in [0.1, 0.15) is 5.82 Å². The molecule has 2 heterocycles. The van der Waals surface area contributed by atoms with Gasteiger partial charge < -0.3 is 10.2 Å². The molecular formula is C16H26ClN3. The van der Waals surface area contributed by atoms with E-state index in [0.29, 0.717) is 12.1 Å². The number of aromatic nitrogens is 1. The van der Waals surface area contributed by atoms with Crippen LogP contribution in [0.5, 0.6) is 0 Å². The van der Waals surface area contributed by atoms with Gasteiger partial charge in [-0.25, -0.2) is 4.98 Å². The van der Waals surface area contributed by atoms with E-state index in [-0.39, 0.29) is 0 Å². The lowest BCUT2D eigenvalue weighted by molar-refractivity contribution is 0.388. The van der Waals surface area contributed by atoms with Crippen molar-refractivity contribution in [2.45, 2.75) is 59.2 Å². The van der Waals surface area contributed by atoms with Gasteiger partial charge in [0.2, 0.25) is 0 Å². The average Bonchev–Trinajstić information content (AvgIpc) is 2.40. The first kappa shape index (κ1) is 15.6. The van der Waals surface area contributed by atoms with Crippen LogP contribution in [0.3, 0.4) is 0 Å². The Morgan fingerprint density at radius 3 is 2.80 bits per heavy atom. The molecule has 4 heteroatoms. The highest BCUT2D eigenvalue weighted by molar-refractivity contribution is 6.31. The van der Waals surface area contributed by atoms with Crippen LogP contribution >= 0.6 is 11.6 Å². The molecule has 1 fully saturated rings. The van der Waals surface area contributed by atoms with Crippen molar-refractivity contribution in [2.24, 2.45) is 5.92 Å². The summed E-state index contributed by atoms with van der Waals surface area (Å²) < 4.78 is 0. The molecule has 0 radical (unpaired) electrons. The first-order valence-corrected chi connectivity index (χ1v) is 8.00. The molecule has 20 heavy (non-hydrogen) atoms. The molecule has 0 aliphatic carbocycles. The Balaban J connectivity index is 2.17. The molecule has 1 N–H and O–H groups in total. The molecule has 0 bridgehead atoms. The second-order valence-electron chi connectivity index (χ2n) is 6.32. The van der Waals surface area contributed by atoms with Gasteiger partial charge in [0, 0.05) is 25.2 Å². The summed E-state index contributed by atoms with van der Waals surface area (Å²) in [7, 11) is 0. The van der Waals surface area contributed by atoms with E-state index in [9.17, 15) is 0 Å². The maximum absolute atomic E-state index is 6.26. The Labute approximate surface area is 127 Å². The summed E-state index contributed by atoms with van der Waals surface area (Å²) in [5.74, 6) is 1.80. The van der Waals surface area contributed by atoms with Crippen molar-refractivity contribution in [3.63, 3.8) is 0 Å². The summed E-state index contributed by atoms with van der Waals surface area (Å²) in [6, 6.07) is 5.03. The smallest absolute Gasteiger partial charge is 0.129 e. The minimum absolute atomic E-state index is 0.436. The third-order valence-corrected chi connectivity index (χ3v) is 4.34. The normalized spacial score (nSPS) is 23.4. The van der Waals surface area contributed by atoms with Crippen molar-refractivity contribution in [2.75, 3.05) is 11.4 Å². The van der Waals surface area contributed by atoms with Gasteiger partial charge in [-0.15, -0.1) is 0 Å². The number of hydrogen-bond acceptors (Lipinski definition) is 3. The second-order valence-corrected chi connectivity index (χ2v) is 6.72. The Morgan fingerprint density at radius 1 is 1.35 bits per heavy atom. The lowest BCUT2D eigenvalue weighted by Gasteiger charge is -2.38. The minimum atomic E-state index is 0.436. The molecule has 1 aliphatic heterocycles. The number of nitrogens with zero attached hydrogens (tertiary/aromatic N) is 2. The van der Waals surface area contributed by atoms with Crippen LogP contribution in [0.4, 0.5) is 5.82 Å². The third-order valence-electron chi connectivity index (χ3n) is 3.99. The van der Waals surface area contributed by atoms with Crippen LogP contribution < -0.4 is 10.2 Å². The third kappa shape index (κ3) is 3.86. The summed E-state index contributed by atoms with van der Waals surface area (Å²) in [4.78, 5) is 7.20. The van der Waals surface area contributed by atoms with Gasteiger partial charge in [-0.3, -0.25) is 0 Å². The van der Waals surface area contributed by atoms with Crippen molar-refractivity contribution in [3.05, 3.63) is 22.8 Å². The first-order valence-electron chi connectivity index (χ1n) is 7.62. The highest BCUT2D eigenvalue weighted by atomic mass is 35.5. The molecule has 3 nitrogen and oxygen atoms in total. The van der Waals surface area contributed by atoms with Gasteiger partial charge in [0.05, 0.1) is 10.7 Å². The number of rotatable bonds is 4. The maximum atomic E-state index is 6.26. The fourth-order valence-electron chi connectivity index (χ4n) is 2.67. The highest BCUT2D eigenvalue weighted by Crippen LogP contribution is 2.27. The lowest BCUT2D eigenvalue weighted by atomic mass is 9.95. The van der Waals surface area contributed by atoms with E-state index < -0.39 is 0 Å². The molecule has 1 saturated heterocycles. The molecule has 0 amide bonds. The monoisotopic (exact) mass is 295 g/mol. The molecule has 1 aromatic heterocycles. The zero-order valence-corrected chi connectivity index (χ0v) is 13.7. The molecule has 1 aliphatic rings. The van der Waals surface area contributed by atoms with Crippen molar-refractivity contribution in [1.82, 2.24) is 10.3 Å². The molecule has 0 aromatic carbocycles. The van der Waals surface area contributed by atoms with Crippen LogP contribution in [-0.2, 0) is 6.54 Å². The van der Waals surface area contributed by atoms with Gasteiger partial charge in [-0.2, -0.15) is 0 Å². The predicted molar refractivity (Wildman–Crippen MR) is 86.4 cm³/mol. The van der Waals surface area contributed by atoms with Crippen molar-refractivity contribution < 1.29 is 0 Å². The maximum Gasteiger partial charge on any atom is 0.129 e. The minimum Gasteiger partial charge on any atom is -0.354 e. The number of halogens is 1. The van der Waals surface area contributed by atoms with Gasteiger partial charge >= 0.3 is 0 Å². The van der Waals surface area contributed by atoms with Crippen molar-refractivity contribution >= 4 is 17.4 Å².